The standard InChI is InChI=1S/C27H21F4N5O3/c1-13-5-24(39-26-18(28)3-2-4-19(26)29)34-11-21(13)36-27(33)17(10-35-36)25(37)16-6-14-8-20(32)22(9-15(14)7-16)38-12-23(30)31/h2-5,7-11,23H,6,12,32-33H2,1H3. The first-order chi connectivity index (χ1) is 18.6. The van der Waals surface area contributed by atoms with Crippen LogP contribution in [0, 0.1) is 18.6 Å². The molecule has 0 bridgehead atoms. The van der Waals surface area contributed by atoms with E-state index < -0.39 is 30.4 Å². The zero-order chi connectivity index (χ0) is 27.8. The second kappa shape index (κ2) is 10.1. The Morgan fingerprint density at radius 2 is 1.87 bits per heavy atom. The molecular formula is C27H21F4N5O3. The van der Waals surface area contributed by atoms with Gasteiger partial charge in [-0.05, 0) is 54.0 Å². The van der Waals surface area contributed by atoms with Crippen molar-refractivity contribution in [1.82, 2.24) is 14.8 Å². The van der Waals surface area contributed by atoms with Crippen LogP contribution in [0.25, 0.3) is 11.8 Å². The van der Waals surface area contributed by atoms with Crippen LogP contribution < -0.4 is 20.9 Å². The lowest BCUT2D eigenvalue weighted by Gasteiger charge is -2.11. The lowest BCUT2D eigenvalue weighted by atomic mass is 10.0. The first kappa shape index (κ1) is 25.8. The smallest absolute Gasteiger partial charge is 0.272 e. The number of anilines is 2. The molecule has 2 aromatic carbocycles. The molecule has 0 aliphatic heterocycles. The van der Waals surface area contributed by atoms with Gasteiger partial charge in [0.05, 0.1) is 29.3 Å². The highest BCUT2D eigenvalue weighted by Gasteiger charge is 2.25. The Labute approximate surface area is 219 Å². The minimum atomic E-state index is -2.65. The number of Topliss-reactive ketones (excluding diaryl/α,β-unsaturated/α-hetero) is 1. The summed E-state index contributed by atoms with van der Waals surface area (Å²) in [4.78, 5) is 17.4. The van der Waals surface area contributed by atoms with Crippen LogP contribution in [-0.4, -0.2) is 33.6 Å². The van der Waals surface area contributed by atoms with Gasteiger partial charge in [0.2, 0.25) is 11.6 Å². The molecule has 0 amide bonds. The maximum atomic E-state index is 13.9. The number of nitrogen functional groups attached to an aromatic ring is 2. The number of allylic oxidation sites excluding steroid dienone is 1. The number of hydrogen-bond donors (Lipinski definition) is 2. The second-order valence-corrected chi connectivity index (χ2v) is 8.78. The summed E-state index contributed by atoms with van der Waals surface area (Å²) in [6, 6.07) is 7.92. The van der Waals surface area contributed by atoms with Crippen LogP contribution in [0.1, 0.15) is 27.0 Å². The summed E-state index contributed by atoms with van der Waals surface area (Å²) in [6.45, 7) is 0.897. The summed E-state index contributed by atoms with van der Waals surface area (Å²) in [5.41, 5.74) is 15.3. The average molecular weight is 539 g/mol. The Morgan fingerprint density at radius 1 is 1.13 bits per heavy atom. The first-order valence-electron chi connectivity index (χ1n) is 11.6. The molecule has 1 aliphatic carbocycles. The Bertz CT molecular complexity index is 1610. The Morgan fingerprint density at radius 3 is 2.56 bits per heavy atom. The van der Waals surface area contributed by atoms with Gasteiger partial charge in [0.25, 0.3) is 6.43 Å². The van der Waals surface area contributed by atoms with Crippen LogP contribution in [0.2, 0.25) is 0 Å². The Kier molecular flexibility index (Phi) is 6.69. The summed E-state index contributed by atoms with van der Waals surface area (Å²) in [7, 11) is 0. The molecule has 200 valence electrons. The van der Waals surface area contributed by atoms with Crippen molar-refractivity contribution < 1.29 is 31.8 Å². The first-order valence-corrected chi connectivity index (χ1v) is 11.6. The molecule has 0 saturated carbocycles. The van der Waals surface area contributed by atoms with Gasteiger partial charge in [-0.1, -0.05) is 6.07 Å². The van der Waals surface area contributed by atoms with E-state index in [4.69, 9.17) is 20.9 Å². The number of nitrogens with zero attached hydrogens (tertiary/aromatic N) is 3. The fourth-order valence-electron chi connectivity index (χ4n) is 4.20. The minimum Gasteiger partial charge on any atom is -0.485 e. The van der Waals surface area contributed by atoms with Crippen molar-refractivity contribution in [3.8, 4) is 23.1 Å². The maximum Gasteiger partial charge on any atom is 0.272 e. The molecule has 5 rings (SSSR count). The number of ketones is 1. The van der Waals surface area contributed by atoms with Gasteiger partial charge in [0.1, 0.15) is 18.2 Å². The average Bonchev–Trinajstić information content (AvgIpc) is 3.47. The van der Waals surface area contributed by atoms with Crippen LogP contribution in [0.3, 0.4) is 0 Å². The largest absolute Gasteiger partial charge is 0.485 e. The number of carbonyl (C=O) groups excluding carboxylic acids is 1. The zero-order valence-electron chi connectivity index (χ0n) is 20.4. The van der Waals surface area contributed by atoms with E-state index in [-0.39, 0.29) is 40.9 Å². The van der Waals surface area contributed by atoms with Crippen molar-refractivity contribution >= 4 is 23.4 Å². The highest BCUT2D eigenvalue weighted by molar-refractivity contribution is 6.15. The Balaban J connectivity index is 1.37. The van der Waals surface area contributed by atoms with Crippen LogP contribution in [0.4, 0.5) is 29.1 Å². The summed E-state index contributed by atoms with van der Waals surface area (Å²) in [5, 5.41) is 4.23. The van der Waals surface area contributed by atoms with E-state index in [2.05, 4.69) is 10.1 Å². The number of para-hydroxylation sites is 1. The molecule has 2 heterocycles. The highest BCUT2D eigenvalue weighted by Crippen LogP contribution is 2.35. The van der Waals surface area contributed by atoms with Crippen molar-refractivity contribution in [3.63, 3.8) is 0 Å². The number of alkyl halides is 2. The van der Waals surface area contributed by atoms with Crippen LogP contribution in [-0.2, 0) is 6.42 Å². The fourth-order valence-corrected chi connectivity index (χ4v) is 4.20. The number of ether oxygens (including phenoxy) is 2. The summed E-state index contributed by atoms with van der Waals surface area (Å²) in [6.07, 6.45) is 1.92. The van der Waals surface area contributed by atoms with Crippen molar-refractivity contribution in [1.29, 1.82) is 0 Å². The zero-order valence-corrected chi connectivity index (χ0v) is 20.4. The third-order valence-corrected chi connectivity index (χ3v) is 6.10. The molecular weight excluding hydrogens is 518 g/mol. The van der Waals surface area contributed by atoms with Crippen LogP contribution in [0.5, 0.6) is 17.4 Å². The molecule has 0 atom stereocenters. The number of fused-ring (bicyclic) bond motifs is 1. The Hall–Kier alpha value is -4.87. The third-order valence-electron chi connectivity index (χ3n) is 6.10. The number of carbonyl (C=O) groups is 1. The highest BCUT2D eigenvalue weighted by atomic mass is 19.3. The summed E-state index contributed by atoms with van der Waals surface area (Å²) >= 11 is 0. The fraction of sp³-hybridized carbons (Fsp3) is 0.148. The van der Waals surface area contributed by atoms with Crippen molar-refractivity contribution in [2.24, 2.45) is 0 Å². The molecule has 0 unspecified atom stereocenters. The van der Waals surface area contributed by atoms with E-state index in [0.29, 0.717) is 22.4 Å². The number of pyridine rings is 1. The molecule has 4 aromatic rings. The van der Waals surface area contributed by atoms with Crippen LogP contribution >= 0.6 is 0 Å². The van der Waals surface area contributed by atoms with Crippen molar-refractivity contribution in [3.05, 3.63) is 88.3 Å². The van der Waals surface area contributed by atoms with Gasteiger partial charge in [-0.3, -0.25) is 4.79 Å². The molecule has 0 fully saturated rings. The number of hydrogen-bond acceptors (Lipinski definition) is 7. The quantitative estimate of drug-likeness (QED) is 0.178. The van der Waals surface area contributed by atoms with Crippen molar-refractivity contribution in [2.75, 3.05) is 18.1 Å². The summed E-state index contributed by atoms with van der Waals surface area (Å²) in [5.74, 6) is -2.59. The van der Waals surface area contributed by atoms with Crippen LogP contribution in [0.15, 0.2) is 54.4 Å². The van der Waals surface area contributed by atoms with Gasteiger partial charge in [0.15, 0.2) is 17.4 Å². The number of halogens is 4. The van der Waals surface area contributed by atoms with E-state index in [1.807, 2.05) is 0 Å². The van der Waals surface area contributed by atoms with Gasteiger partial charge in [0, 0.05) is 18.1 Å². The lowest BCUT2D eigenvalue weighted by molar-refractivity contribution is 0.0822. The number of aromatic nitrogens is 3. The molecule has 0 radical (unpaired) electrons. The predicted molar refractivity (Wildman–Crippen MR) is 135 cm³/mol. The summed E-state index contributed by atoms with van der Waals surface area (Å²) < 4.78 is 64.6. The third kappa shape index (κ3) is 5.00. The number of nitrogens with two attached hydrogens (primary N) is 2. The number of rotatable bonds is 8. The normalized spacial score (nSPS) is 12.4. The lowest BCUT2D eigenvalue weighted by Crippen LogP contribution is -2.09. The molecule has 0 saturated heterocycles. The van der Waals surface area contributed by atoms with Gasteiger partial charge in [-0.15, -0.1) is 0 Å². The molecule has 2 aromatic heterocycles. The monoisotopic (exact) mass is 539 g/mol. The predicted octanol–water partition coefficient (Wildman–Crippen LogP) is 5.28. The molecule has 8 nitrogen and oxygen atoms in total. The van der Waals surface area contributed by atoms with Gasteiger partial charge in [-0.25, -0.2) is 27.2 Å². The number of benzene rings is 2. The molecule has 4 N–H and O–H groups in total. The van der Waals surface area contributed by atoms with E-state index in [1.165, 1.54) is 35.3 Å². The maximum absolute atomic E-state index is 13.9. The van der Waals surface area contributed by atoms with E-state index >= 15 is 0 Å². The minimum absolute atomic E-state index is 0.0488. The van der Waals surface area contributed by atoms with Gasteiger partial charge >= 0.3 is 0 Å². The van der Waals surface area contributed by atoms with E-state index in [9.17, 15) is 22.4 Å². The second-order valence-electron chi connectivity index (χ2n) is 8.78. The molecule has 0 spiro atoms. The molecule has 12 heteroatoms. The SMILES string of the molecule is Cc1cc(Oc2c(F)cccc2F)ncc1-n1ncc(C(=O)C2=Cc3cc(OCC(F)F)c(N)cc3C2)c1N. The topological polar surface area (TPSA) is 118 Å². The van der Waals surface area contributed by atoms with Gasteiger partial charge in [-0.2, -0.15) is 5.10 Å². The van der Waals surface area contributed by atoms with Crippen molar-refractivity contribution in [2.45, 2.75) is 19.8 Å². The van der Waals surface area contributed by atoms with E-state index in [1.54, 1.807) is 19.1 Å². The molecule has 39 heavy (non-hydrogen) atoms. The molecule has 1 aliphatic rings. The number of aryl methyl sites for hydroxylation is 1. The van der Waals surface area contributed by atoms with E-state index in [0.717, 1.165) is 17.7 Å². The van der Waals surface area contributed by atoms with Gasteiger partial charge < -0.3 is 20.9 Å².